The quantitative estimate of drug-likeness (QED) is 0.325. The van der Waals surface area contributed by atoms with Crippen molar-refractivity contribution in [1.82, 2.24) is 4.90 Å². The van der Waals surface area contributed by atoms with Gasteiger partial charge in [0.05, 0.1) is 18.1 Å². The van der Waals surface area contributed by atoms with E-state index in [0.717, 1.165) is 17.3 Å². The highest BCUT2D eigenvalue weighted by Crippen LogP contribution is 2.34. The molecule has 0 aliphatic carbocycles. The first-order chi connectivity index (χ1) is 18.4. The average molecular weight is 533 g/mol. The van der Waals surface area contributed by atoms with Gasteiger partial charge in [-0.05, 0) is 73.6 Å². The molecule has 1 N–H and O–H groups in total. The predicted molar refractivity (Wildman–Crippen MR) is 148 cm³/mol. The molecule has 9 heteroatoms. The molecule has 3 aromatic carbocycles. The van der Waals surface area contributed by atoms with E-state index in [1.54, 1.807) is 24.3 Å². The lowest BCUT2D eigenvalue weighted by molar-refractivity contribution is -0.123. The number of nitrogens with one attached hydrogen (secondary N) is 1. The van der Waals surface area contributed by atoms with Gasteiger partial charge in [0.15, 0.2) is 18.1 Å². The van der Waals surface area contributed by atoms with Gasteiger partial charge < -0.3 is 19.5 Å². The zero-order valence-electron chi connectivity index (χ0n) is 21.1. The third-order valence-electron chi connectivity index (χ3n) is 5.46. The van der Waals surface area contributed by atoms with Crippen molar-refractivity contribution < 1.29 is 28.6 Å². The van der Waals surface area contributed by atoms with Crippen molar-refractivity contribution in [2.24, 2.45) is 0 Å². The molecule has 1 heterocycles. The molecule has 3 aromatic rings. The maximum Gasteiger partial charge on any atom is 0.293 e. The van der Waals surface area contributed by atoms with Gasteiger partial charge in [0.25, 0.3) is 17.1 Å². The molecular weight excluding hydrogens is 504 g/mol. The number of hydrogen-bond acceptors (Lipinski definition) is 7. The number of benzene rings is 3. The van der Waals surface area contributed by atoms with Crippen LogP contribution in [0.25, 0.3) is 6.08 Å². The Balaban J connectivity index is 1.37. The second kappa shape index (κ2) is 12.8. The summed E-state index contributed by atoms with van der Waals surface area (Å²) in [7, 11) is 0. The largest absolute Gasteiger partial charge is 0.492 e. The summed E-state index contributed by atoms with van der Waals surface area (Å²) >= 11 is 0.880. The first-order valence-electron chi connectivity index (χ1n) is 12.1. The lowest BCUT2D eigenvalue weighted by atomic mass is 10.2. The molecule has 0 atom stereocenters. The van der Waals surface area contributed by atoms with Crippen LogP contribution in [0.4, 0.5) is 10.5 Å². The highest BCUT2D eigenvalue weighted by Gasteiger charge is 2.34. The summed E-state index contributed by atoms with van der Waals surface area (Å²) in [6.07, 6.45) is 1.64. The van der Waals surface area contributed by atoms with Crippen molar-refractivity contribution in [3.8, 4) is 17.2 Å². The minimum Gasteiger partial charge on any atom is -0.492 e. The molecule has 0 saturated carbocycles. The van der Waals surface area contributed by atoms with Crippen molar-refractivity contribution in [3.05, 3.63) is 88.8 Å². The van der Waals surface area contributed by atoms with Gasteiger partial charge in [-0.2, -0.15) is 0 Å². The topological polar surface area (TPSA) is 94.2 Å². The fourth-order valence-electron chi connectivity index (χ4n) is 3.59. The molecule has 1 aliphatic rings. The Labute approximate surface area is 225 Å². The Morgan fingerprint density at radius 3 is 2.45 bits per heavy atom. The number of aryl methyl sites for hydroxylation is 1. The first-order valence-corrected chi connectivity index (χ1v) is 12.9. The van der Waals surface area contributed by atoms with Crippen LogP contribution in [0.15, 0.2) is 77.7 Å². The molecule has 4 rings (SSSR count). The van der Waals surface area contributed by atoms with E-state index in [-0.39, 0.29) is 36.8 Å². The summed E-state index contributed by atoms with van der Waals surface area (Å²) in [6.45, 7) is 4.35. The molecule has 3 amide bonds. The van der Waals surface area contributed by atoms with Gasteiger partial charge in [-0.3, -0.25) is 19.3 Å². The zero-order valence-corrected chi connectivity index (χ0v) is 22.0. The number of hydrogen-bond donors (Lipinski definition) is 1. The van der Waals surface area contributed by atoms with Crippen LogP contribution in [0, 0.1) is 6.92 Å². The number of imide groups is 1. The minimum atomic E-state index is -0.372. The molecular formula is C29H28N2O6S. The Morgan fingerprint density at radius 2 is 1.71 bits per heavy atom. The standard InChI is InChI=1S/C29H28N2O6S/c1-3-35-25-17-21(11-14-24(25)37-19-27(32)30-22-12-9-20(2)10-13-22)18-26-28(33)31(29(34)38-26)15-16-36-23-7-5-4-6-8-23/h4-14,17-18H,3,15-16,19H2,1-2H3,(H,30,32)/b26-18-. The smallest absolute Gasteiger partial charge is 0.293 e. The van der Waals surface area contributed by atoms with Crippen molar-refractivity contribution in [2.75, 3.05) is 31.7 Å². The fraction of sp³-hybridized carbons (Fsp3) is 0.207. The summed E-state index contributed by atoms with van der Waals surface area (Å²) in [6, 6.07) is 21.8. The number of para-hydroxylation sites is 1. The lowest BCUT2D eigenvalue weighted by Gasteiger charge is -2.13. The number of anilines is 1. The highest BCUT2D eigenvalue weighted by atomic mass is 32.2. The van der Waals surface area contributed by atoms with E-state index in [0.29, 0.717) is 40.0 Å². The van der Waals surface area contributed by atoms with Gasteiger partial charge in [-0.15, -0.1) is 0 Å². The number of carbonyl (C=O) groups excluding carboxylic acids is 3. The first kappa shape index (κ1) is 26.8. The Morgan fingerprint density at radius 1 is 0.947 bits per heavy atom. The van der Waals surface area contributed by atoms with Gasteiger partial charge in [0.1, 0.15) is 12.4 Å². The van der Waals surface area contributed by atoms with Crippen LogP contribution < -0.4 is 19.5 Å². The molecule has 0 unspecified atom stereocenters. The molecule has 196 valence electrons. The van der Waals surface area contributed by atoms with Gasteiger partial charge in [-0.1, -0.05) is 42.0 Å². The second-order valence-corrected chi connectivity index (χ2v) is 9.33. The molecule has 0 spiro atoms. The molecule has 1 saturated heterocycles. The third kappa shape index (κ3) is 7.17. The van der Waals surface area contributed by atoms with Crippen molar-refractivity contribution >= 4 is 40.6 Å². The maximum absolute atomic E-state index is 12.8. The number of amides is 3. The van der Waals surface area contributed by atoms with E-state index in [9.17, 15) is 14.4 Å². The molecule has 0 radical (unpaired) electrons. The number of thioether (sulfide) groups is 1. The van der Waals surface area contributed by atoms with Crippen LogP contribution in [0.2, 0.25) is 0 Å². The van der Waals surface area contributed by atoms with E-state index in [1.807, 2.05) is 68.4 Å². The molecule has 1 fully saturated rings. The average Bonchev–Trinajstić information content (AvgIpc) is 3.17. The van der Waals surface area contributed by atoms with Crippen molar-refractivity contribution in [3.63, 3.8) is 0 Å². The maximum atomic E-state index is 12.8. The third-order valence-corrected chi connectivity index (χ3v) is 6.37. The van der Waals surface area contributed by atoms with Gasteiger partial charge in [0, 0.05) is 5.69 Å². The van der Waals surface area contributed by atoms with Crippen LogP contribution in [-0.2, 0) is 9.59 Å². The van der Waals surface area contributed by atoms with Gasteiger partial charge in [-0.25, -0.2) is 0 Å². The van der Waals surface area contributed by atoms with Gasteiger partial charge in [0.2, 0.25) is 0 Å². The van der Waals surface area contributed by atoms with E-state index in [2.05, 4.69) is 5.32 Å². The Bertz CT molecular complexity index is 1320. The fourth-order valence-corrected chi connectivity index (χ4v) is 4.46. The summed E-state index contributed by atoms with van der Waals surface area (Å²) in [5.41, 5.74) is 2.45. The summed E-state index contributed by atoms with van der Waals surface area (Å²) < 4.78 is 17.0. The van der Waals surface area contributed by atoms with Crippen molar-refractivity contribution in [2.45, 2.75) is 13.8 Å². The lowest BCUT2D eigenvalue weighted by Crippen LogP contribution is -2.32. The molecule has 38 heavy (non-hydrogen) atoms. The van der Waals surface area contributed by atoms with Crippen LogP contribution in [-0.4, -0.2) is 48.3 Å². The normalized spacial score (nSPS) is 14.1. The number of nitrogens with zero attached hydrogens (tertiary/aromatic N) is 1. The van der Waals surface area contributed by atoms with Crippen LogP contribution >= 0.6 is 11.8 Å². The summed E-state index contributed by atoms with van der Waals surface area (Å²) in [5, 5.41) is 2.44. The monoisotopic (exact) mass is 532 g/mol. The van der Waals surface area contributed by atoms with Crippen molar-refractivity contribution in [1.29, 1.82) is 0 Å². The van der Waals surface area contributed by atoms with Crippen LogP contribution in [0.5, 0.6) is 17.2 Å². The Hall–Kier alpha value is -4.24. The molecule has 8 nitrogen and oxygen atoms in total. The zero-order chi connectivity index (χ0) is 26.9. The van der Waals surface area contributed by atoms with E-state index in [1.165, 1.54) is 4.90 Å². The number of carbonyl (C=O) groups is 3. The van der Waals surface area contributed by atoms with E-state index in [4.69, 9.17) is 14.2 Å². The Kier molecular flexibility index (Phi) is 9.05. The van der Waals surface area contributed by atoms with E-state index >= 15 is 0 Å². The van der Waals surface area contributed by atoms with Gasteiger partial charge >= 0.3 is 0 Å². The van der Waals surface area contributed by atoms with Crippen LogP contribution in [0.3, 0.4) is 0 Å². The van der Waals surface area contributed by atoms with Crippen LogP contribution in [0.1, 0.15) is 18.1 Å². The van der Waals surface area contributed by atoms with E-state index < -0.39 is 0 Å². The summed E-state index contributed by atoms with van der Waals surface area (Å²) in [4.78, 5) is 39.1. The number of rotatable bonds is 11. The summed E-state index contributed by atoms with van der Waals surface area (Å²) in [5.74, 6) is 0.829. The second-order valence-electron chi connectivity index (χ2n) is 8.34. The molecule has 1 aliphatic heterocycles. The SMILES string of the molecule is CCOc1cc(/C=C2\SC(=O)N(CCOc3ccccc3)C2=O)ccc1OCC(=O)Nc1ccc(C)cc1. The molecule has 0 bridgehead atoms. The predicted octanol–water partition coefficient (Wildman–Crippen LogP) is 5.53. The highest BCUT2D eigenvalue weighted by molar-refractivity contribution is 8.18. The molecule has 0 aromatic heterocycles. The minimum absolute atomic E-state index is 0.151. The number of ether oxygens (including phenoxy) is 3.